The zero-order valence-corrected chi connectivity index (χ0v) is 18.7. The Balaban J connectivity index is 1.33. The lowest BCUT2D eigenvalue weighted by atomic mass is 9.98. The summed E-state index contributed by atoms with van der Waals surface area (Å²) in [5, 5.41) is 14.5. The van der Waals surface area contributed by atoms with Gasteiger partial charge in [-0.1, -0.05) is 78.9 Å². The van der Waals surface area contributed by atoms with Crippen LogP contribution in [0.2, 0.25) is 0 Å². The molecule has 3 aromatic rings. The van der Waals surface area contributed by atoms with Crippen LogP contribution in [0.25, 0.3) is 11.1 Å². The minimum atomic E-state index is -1.15. The summed E-state index contributed by atoms with van der Waals surface area (Å²) in [5.41, 5.74) is 5.21. The summed E-state index contributed by atoms with van der Waals surface area (Å²) in [5.74, 6) is -1.84. The number of carbonyl (C=O) groups excluding carboxylic acids is 2. The van der Waals surface area contributed by atoms with Crippen LogP contribution in [0.3, 0.4) is 0 Å². The molecule has 0 spiro atoms. The largest absolute Gasteiger partial charge is 0.480 e. The van der Waals surface area contributed by atoms with Gasteiger partial charge in [-0.15, -0.1) is 0 Å². The number of benzene rings is 3. The number of carboxylic acid groups (broad SMARTS) is 1. The number of hydrogen-bond acceptors (Lipinski definition) is 4. The molecule has 0 aliphatic heterocycles. The van der Waals surface area contributed by atoms with Crippen molar-refractivity contribution in [1.82, 2.24) is 10.6 Å². The van der Waals surface area contributed by atoms with Gasteiger partial charge < -0.3 is 20.5 Å². The quantitative estimate of drug-likeness (QED) is 0.477. The van der Waals surface area contributed by atoms with E-state index in [4.69, 9.17) is 4.74 Å². The second-order valence-electron chi connectivity index (χ2n) is 8.28. The van der Waals surface area contributed by atoms with Crippen LogP contribution in [-0.4, -0.2) is 41.8 Å². The van der Waals surface area contributed by atoms with E-state index in [0.29, 0.717) is 0 Å². The molecule has 0 saturated heterocycles. The standard InChI is InChI=1S/C27H26N2O5/c1-17(25(30)29-24(26(31)32)15-18-9-3-2-4-10-18)28-27(33)34-16-23-21-13-7-5-11-19(21)20-12-6-8-14-22(20)23/h2-14,17,23-24H,15-16H2,1H3,(H,28,33)(H,29,30)(H,31,32)/t17-,24-/m0/s1. The molecular weight excluding hydrogens is 432 g/mol. The lowest BCUT2D eigenvalue weighted by Crippen LogP contribution is -2.51. The number of nitrogens with one attached hydrogen (secondary N) is 2. The monoisotopic (exact) mass is 458 g/mol. The summed E-state index contributed by atoms with van der Waals surface area (Å²) in [6.45, 7) is 1.61. The molecule has 7 nitrogen and oxygen atoms in total. The molecule has 3 aromatic carbocycles. The fraction of sp³-hybridized carbons (Fsp3) is 0.222. The van der Waals surface area contributed by atoms with Crippen molar-refractivity contribution in [3.63, 3.8) is 0 Å². The smallest absolute Gasteiger partial charge is 0.407 e. The summed E-state index contributed by atoms with van der Waals surface area (Å²) in [7, 11) is 0. The van der Waals surface area contributed by atoms with Crippen molar-refractivity contribution in [3.8, 4) is 11.1 Å². The van der Waals surface area contributed by atoms with Gasteiger partial charge in [0.05, 0.1) is 0 Å². The van der Waals surface area contributed by atoms with Crippen LogP contribution in [-0.2, 0) is 20.7 Å². The van der Waals surface area contributed by atoms with Crippen LogP contribution in [0.1, 0.15) is 29.5 Å². The first-order valence-electron chi connectivity index (χ1n) is 11.1. The highest BCUT2D eigenvalue weighted by molar-refractivity contribution is 5.89. The molecule has 1 aliphatic carbocycles. The van der Waals surface area contributed by atoms with E-state index in [2.05, 4.69) is 22.8 Å². The number of fused-ring (bicyclic) bond motifs is 3. The molecule has 34 heavy (non-hydrogen) atoms. The summed E-state index contributed by atoms with van der Waals surface area (Å²) < 4.78 is 5.46. The van der Waals surface area contributed by atoms with Crippen molar-refractivity contribution in [2.75, 3.05) is 6.61 Å². The maximum Gasteiger partial charge on any atom is 0.407 e. The second-order valence-corrected chi connectivity index (χ2v) is 8.28. The molecule has 0 fully saturated rings. The molecule has 0 heterocycles. The summed E-state index contributed by atoms with van der Waals surface area (Å²) in [6, 6.07) is 23.0. The number of hydrogen-bond donors (Lipinski definition) is 3. The van der Waals surface area contributed by atoms with Gasteiger partial charge >= 0.3 is 12.1 Å². The lowest BCUT2D eigenvalue weighted by Gasteiger charge is -2.19. The Bertz CT molecular complexity index is 1150. The van der Waals surface area contributed by atoms with E-state index in [9.17, 15) is 19.5 Å². The summed E-state index contributed by atoms with van der Waals surface area (Å²) >= 11 is 0. The van der Waals surface area contributed by atoms with Gasteiger partial charge in [-0.25, -0.2) is 9.59 Å². The predicted molar refractivity (Wildman–Crippen MR) is 127 cm³/mol. The van der Waals surface area contributed by atoms with E-state index in [-0.39, 0.29) is 18.9 Å². The molecule has 0 radical (unpaired) electrons. The van der Waals surface area contributed by atoms with Gasteiger partial charge in [-0.2, -0.15) is 0 Å². The molecule has 4 rings (SSSR count). The van der Waals surface area contributed by atoms with E-state index in [1.807, 2.05) is 42.5 Å². The molecule has 7 heteroatoms. The van der Waals surface area contributed by atoms with Crippen molar-refractivity contribution in [2.45, 2.75) is 31.3 Å². The first-order valence-corrected chi connectivity index (χ1v) is 11.1. The molecule has 0 aromatic heterocycles. The van der Waals surface area contributed by atoms with Gasteiger partial charge in [0, 0.05) is 12.3 Å². The fourth-order valence-electron chi connectivity index (χ4n) is 4.23. The van der Waals surface area contributed by atoms with E-state index in [1.54, 1.807) is 24.3 Å². The third-order valence-corrected chi connectivity index (χ3v) is 5.97. The maximum absolute atomic E-state index is 12.5. The number of rotatable bonds is 8. The SMILES string of the molecule is C[C@H](NC(=O)OCC1c2ccccc2-c2ccccc21)C(=O)N[C@@H](Cc1ccccc1)C(=O)O. The van der Waals surface area contributed by atoms with Crippen molar-refractivity contribution in [3.05, 3.63) is 95.6 Å². The Hall–Kier alpha value is -4.13. The van der Waals surface area contributed by atoms with E-state index in [1.165, 1.54) is 6.92 Å². The number of alkyl carbamates (subject to hydrolysis) is 1. The third-order valence-electron chi connectivity index (χ3n) is 5.97. The molecule has 3 N–H and O–H groups in total. The number of carbonyl (C=O) groups is 3. The van der Waals surface area contributed by atoms with Crippen LogP contribution >= 0.6 is 0 Å². The Morgan fingerprint density at radius 3 is 2.00 bits per heavy atom. The molecule has 174 valence electrons. The third kappa shape index (κ3) is 5.09. The van der Waals surface area contributed by atoms with Crippen LogP contribution in [0.15, 0.2) is 78.9 Å². The van der Waals surface area contributed by atoms with E-state index >= 15 is 0 Å². The predicted octanol–water partition coefficient (Wildman–Crippen LogP) is 3.73. The van der Waals surface area contributed by atoms with Gasteiger partial charge in [0.15, 0.2) is 0 Å². The molecule has 0 saturated carbocycles. The van der Waals surface area contributed by atoms with Crippen molar-refractivity contribution in [1.29, 1.82) is 0 Å². The highest BCUT2D eigenvalue weighted by Gasteiger charge is 2.30. The Labute approximate surface area is 197 Å². The topological polar surface area (TPSA) is 105 Å². The van der Waals surface area contributed by atoms with Crippen LogP contribution in [0.5, 0.6) is 0 Å². The summed E-state index contributed by atoms with van der Waals surface area (Å²) in [6.07, 6.45) is -0.598. The zero-order valence-electron chi connectivity index (χ0n) is 18.7. The number of ether oxygens (including phenoxy) is 1. The van der Waals surface area contributed by atoms with Crippen LogP contribution in [0, 0.1) is 0 Å². The Morgan fingerprint density at radius 2 is 1.41 bits per heavy atom. The molecule has 0 unspecified atom stereocenters. The lowest BCUT2D eigenvalue weighted by molar-refractivity contribution is -0.142. The minimum Gasteiger partial charge on any atom is -0.480 e. The Kier molecular flexibility index (Phi) is 6.92. The van der Waals surface area contributed by atoms with Gasteiger partial charge in [-0.3, -0.25) is 4.79 Å². The fourth-order valence-corrected chi connectivity index (χ4v) is 4.23. The molecule has 1 aliphatic rings. The molecule has 2 atom stereocenters. The highest BCUT2D eigenvalue weighted by atomic mass is 16.5. The Morgan fingerprint density at radius 1 is 0.853 bits per heavy atom. The molecule has 0 bridgehead atoms. The summed E-state index contributed by atoms with van der Waals surface area (Å²) in [4.78, 5) is 36.6. The highest BCUT2D eigenvalue weighted by Crippen LogP contribution is 2.44. The average Bonchev–Trinajstić information content (AvgIpc) is 3.16. The first kappa shape index (κ1) is 23.0. The average molecular weight is 459 g/mol. The minimum absolute atomic E-state index is 0.0930. The molecule has 2 amide bonds. The van der Waals surface area contributed by atoms with Crippen molar-refractivity contribution < 1.29 is 24.2 Å². The van der Waals surface area contributed by atoms with Crippen LogP contribution < -0.4 is 10.6 Å². The number of carboxylic acids is 1. The van der Waals surface area contributed by atoms with Gasteiger partial charge in [0.1, 0.15) is 18.7 Å². The normalized spacial score (nSPS) is 13.8. The van der Waals surface area contributed by atoms with Gasteiger partial charge in [0.2, 0.25) is 5.91 Å². The maximum atomic E-state index is 12.5. The first-order chi connectivity index (χ1) is 16.4. The second kappa shape index (κ2) is 10.2. The zero-order chi connectivity index (χ0) is 24.1. The van der Waals surface area contributed by atoms with Gasteiger partial charge in [-0.05, 0) is 34.7 Å². The molecular formula is C27H26N2O5. The van der Waals surface area contributed by atoms with Gasteiger partial charge in [0.25, 0.3) is 0 Å². The van der Waals surface area contributed by atoms with Crippen molar-refractivity contribution in [2.24, 2.45) is 0 Å². The van der Waals surface area contributed by atoms with Crippen LogP contribution in [0.4, 0.5) is 4.79 Å². The number of amides is 2. The van der Waals surface area contributed by atoms with E-state index < -0.39 is 30.1 Å². The number of aliphatic carboxylic acids is 1. The van der Waals surface area contributed by atoms with E-state index in [0.717, 1.165) is 27.8 Å². The van der Waals surface area contributed by atoms with Crippen molar-refractivity contribution >= 4 is 18.0 Å².